The zero-order valence-corrected chi connectivity index (χ0v) is 14.2. The van der Waals surface area contributed by atoms with E-state index in [1.807, 2.05) is 0 Å². The van der Waals surface area contributed by atoms with Crippen molar-refractivity contribution in [1.29, 1.82) is 0 Å². The van der Waals surface area contributed by atoms with Crippen LogP contribution in [-0.4, -0.2) is 44.9 Å². The van der Waals surface area contributed by atoms with Gasteiger partial charge in [-0.05, 0) is 49.8 Å². The fourth-order valence-corrected chi connectivity index (χ4v) is 4.36. The lowest BCUT2D eigenvalue weighted by Gasteiger charge is -2.18. The second kappa shape index (κ2) is 6.78. The van der Waals surface area contributed by atoms with E-state index < -0.39 is 15.8 Å². The van der Waals surface area contributed by atoms with Gasteiger partial charge in [0.2, 0.25) is 10.0 Å². The first kappa shape index (κ1) is 17.3. The number of nitrogens with zero attached hydrogens (tertiary/aromatic N) is 1. The molecule has 2 aliphatic rings. The summed E-state index contributed by atoms with van der Waals surface area (Å²) < 4.78 is 41.6. The fourth-order valence-electron chi connectivity index (χ4n) is 3.03. The van der Waals surface area contributed by atoms with Gasteiger partial charge in [0.05, 0.1) is 10.5 Å². The lowest BCUT2D eigenvalue weighted by molar-refractivity contribution is 0.0788. The van der Waals surface area contributed by atoms with Gasteiger partial charge in [0.15, 0.2) is 0 Å². The number of sulfonamides is 1. The molecule has 24 heavy (non-hydrogen) atoms. The van der Waals surface area contributed by atoms with E-state index in [9.17, 15) is 17.6 Å². The Kier molecular flexibility index (Phi) is 4.89. The van der Waals surface area contributed by atoms with Crippen LogP contribution in [0.25, 0.3) is 0 Å². The molecule has 1 aromatic rings. The summed E-state index contributed by atoms with van der Waals surface area (Å²) in [5, 5.41) is 0. The zero-order valence-electron chi connectivity index (χ0n) is 13.4. The Balaban J connectivity index is 1.79. The number of rotatable bonds is 6. The predicted octanol–water partition coefficient (Wildman–Crippen LogP) is 1.08. The third-order valence-corrected chi connectivity index (χ3v) is 6.11. The normalized spacial score (nSPS) is 19.5. The van der Waals surface area contributed by atoms with Crippen molar-refractivity contribution in [3.05, 3.63) is 29.6 Å². The summed E-state index contributed by atoms with van der Waals surface area (Å²) in [6.07, 6.45) is 3.71. The number of benzene rings is 1. The average molecular weight is 355 g/mol. The standard InChI is InChI=1S/C16H22FN3O3S/c17-14-9-12(24(22,23)19-15(10-18)11-3-4-11)5-6-13(14)16(21)20-7-1-2-8-20/h5-6,9,11,15,19H,1-4,7-8,10,18H2. The molecule has 0 radical (unpaired) electrons. The Morgan fingerprint density at radius 3 is 2.54 bits per heavy atom. The van der Waals surface area contributed by atoms with Gasteiger partial charge in [0.25, 0.3) is 5.91 Å². The molecular formula is C16H22FN3O3S. The molecular weight excluding hydrogens is 333 g/mol. The summed E-state index contributed by atoms with van der Waals surface area (Å²) in [5.74, 6) is -0.948. The Bertz CT molecular complexity index is 728. The van der Waals surface area contributed by atoms with Gasteiger partial charge in [-0.2, -0.15) is 0 Å². The summed E-state index contributed by atoms with van der Waals surface area (Å²) in [6.45, 7) is 1.43. The van der Waals surface area contributed by atoms with Crippen molar-refractivity contribution in [1.82, 2.24) is 9.62 Å². The number of carbonyl (C=O) groups excluding carboxylic acids is 1. The van der Waals surface area contributed by atoms with Crippen LogP contribution < -0.4 is 10.5 Å². The molecule has 2 fully saturated rings. The van der Waals surface area contributed by atoms with E-state index in [0.29, 0.717) is 13.1 Å². The highest BCUT2D eigenvalue weighted by Crippen LogP contribution is 2.33. The number of carbonyl (C=O) groups is 1. The molecule has 0 spiro atoms. The van der Waals surface area contributed by atoms with Crippen LogP contribution in [0, 0.1) is 11.7 Å². The van der Waals surface area contributed by atoms with E-state index >= 15 is 0 Å². The molecule has 1 amide bonds. The quantitative estimate of drug-likeness (QED) is 0.799. The average Bonchev–Trinajstić information content (AvgIpc) is 3.25. The molecule has 1 heterocycles. The first-order valence-corrected chi connectivity index (χ1v) is 9.72. The minimum absolute atomic E-state index is 0.0894. The predicted molar refractivity (Wildman–Crippen MR) is 87.4 cm³/mol. The topological polar surface area (TPSA) is 92.5 Å². The molecule has 1 saturated carbocycles. The monoisotopic (exact) mass is 355 g/mol. The van der Waals surface area contributed by atoms with Crippen molar-refractivity contribution in [3.63, 3.8) is 0 Å². The molecule has 0 aromatic heterocycles. The van der Waals surface area contributed by atoms with Gasteiger partial charge in [-0.1, -0.05) is 0 Å². The molecule has 1 saturated heterocycles. The number of nitrogens with one attached hydrogen (secondary N) is 1. The molecule has 3 rings (SSSR count). The number of hydrogen-bond acceptors (Lipinski definition) is 4. The SMILES string of the molecule is NCC(NS(=O)(=O)c1ccc(C(=O)N2CCCC2)c(F)c1)C1CC1. The van der Waals surface area contributed by atoms with Crippen LogP contribution in [0.2, 0.25) is 0 Å². The Hall–Kier alpha value is -1.51. The maximum Gasteiger partial charge on any atom is 0.256 e. The lowest BCUT2D eigenvalue weighted by Crippen LogP contribution is -2.41. The van der Waals surface area contributed by atoms with Crippen LogP contribution in [0.4, 0.5) is 4.39 Å². The smallest absolute Gasteiger partial charge is 0.256 e. The zero-order chi connectivity index (χ0) is 17.3. The molecule has 1 aromatic carbocycles. The van der Waals surface area contributed by atoms with Gasteiger partial charge < -0.3 is 10.6 Å². The summed E-state index contributed by atoms with van der Waals surface area (Å²) in [7, 11) is -3.86. The van der Waals surface area contributed by atoms with E-state index in [-0.39, 0.29) is 34.9 Å². The molecule has 0 bridgehead atoms. The third kappa shape index (κ3) is 3.60. The van der Waals surface area contributed by atoms with Crippen LogP contribution in [0.15, 0.2) is 23.1 Å². The summed E-state index contributed by atoms with van der Waals surface area (Å²) in [4.78, 5) is 13.7. The highest BCUT2D eigenvalue weighted by Gasteiger charge is 2.33. The minimum atomic E-state index is -3.86. The van der Waals surface area contributed by atoms with Crippen LogP contribution in [-0.2, 0) is 10.0 Å². The van der Waals surface area contributed by atoms with E-state index in [1.165, 1.54) is 12.1 Å². The van der Waals surface area contributed by atoms with E-state index in [1.54, 1.807) is 4.90 Å². The molecule has 1 aliphatic heterocycles. The van der Waals surface area contributed by atoms with Crippen molar-refractivity contribution in [3.8, 4) is 0 Å². The van der Waals surface area contributed by atoms with Gasteiger partial charge in [-0.3, -0.25) is 4.79 Å². The highest BCUT2D eigenvalue weighted by atomic mass is 32.2. The van der Waals surface area contributed by atoms with Crippen LogP contribution in [0.5, 0.6) is 0 Å². The van der Waals surface area contributed by atoms with Crippen molar-refractivity contribution in [2.75, 3.05) is 19.6 Å². The van der Waals surface area contributed by atoms with Gasteiger partial charge >= 0.3 is 0 Å². The molecule has 1 atom stereocenters. The maximum absolute atomic E-state index is 14.3. The van der Waals surface area contributed by atoms with Crippen LogP contribution >= 0.6 is 0 Å². The van der Waals surface area contributed by atoms with Gasteiger partial charge in [-0.25, -0.2) is 17.5 Å². The summed E-state index contributed by atoms with van der Waals surface area (Å²) in [5.41, 5.74) is 5.52. The molecule has 1 unspecified atom stereocenters. The van der Waals surface area contributed by atoms with Crippen molar-refractivity contribution in [2.24, 2.45) is 11.7 Å². The van der Waals surface area contributed by atoms with E-state index in [2.05, 4.69) is 4.72 Å². The highest BCUT2D eigenvalue weighted by molar-refractivity contribution is 7.89. The fraction of sp³-hybridized carbons (Fsp3) is 0.562. The Labute approximate surface area is 141 Å². The van der Waals surface area contributed by atoms with Crippen LogP contribution in [0.3, 0.4) is 0 Å². The Morgan fingerprint density at radius 1 is 1.33 bits per heavy atom. The van der Waals surface area contributed by atoms with Crippen molar-refractivity contribution >= 4 is 15.9 Å². The van der Waals surface area contributed by atoms with Gasteiger partial charge in [-0.15, -0.1) is 0 Å². The second-order valence-electron chi connectivity index (χ2n) is 6.44. The lowest BCUT2D eigenvalue weighted by atomic mass is 10.2. The molecule has 1 aliphatic carbocycles. The molecule has 6 nitrogen and oxygen atoms in total. The number of likely N-dealkylation sites (tertiary alicyclic amines) is 1. The molecule has 8 heteroatoms. The minimum Gasteiger partial charge on any atom is -0.339 e. The largest absolute Gasteiger partial charge is 0.339 e. The first-order chi connectivity index (χ1) is 11.4. The van der Waals surface area contributed by atoms with Crippen LogP contribution in [0.1, 0.15) is 36.0 Å². The van der Waals surface area contributed by atoms with Gasteiger partial charge in [0, 0.05) is 25.7 Å². The van der Waals surface area contributed by atoms with Crippen molar-refractivity contribution < 1.29 is 17.6 Å². The number of halogens is 1. The van der Waals surface area contributed by atoms with E-state index in [4.69, 9.17) is 5.73 Å². The number of amides is 1. The second-order valence-corrected chi connectivity index (χ2v) is 8.16. The number of nitrogens with two attached hydrogens (primary N) is 1. The number of hydrogen-bond donors (Lipinski definition) is 2. The summed E-state index contributed by atoms with van der Waals surface area (Å²) in [6, 6.07) is 3.10. The van der Waals surface area contributed by atoms with E-state index in [0.717, 1.165) is 31.7 Å². The Morgan fingerprint density at radius 2 is 2.00 bits per heavy atom. The molecule has 3 N–H and O–H groups in total. The van der Waals surface area contributed by atoms with Gasteiger partial charge in [0.1, 0.15) is 5.82 Å². The molecule has 132 valence electrons. The summed E-state index contributed by atoms with van der Waals surface area (Å²) >= 11 is 0. The first-order valence-electron chi connectivity index (χ1n) is 8.23. The maximum atomic E-state index is 14.3. The van der Waals surface area contributed by atoms with Crippen molar-refractivity contribution in [2.45, 2.75) is 36.6 Å². The third-order valence-electron chi connectivity index (χ3n) is 4.63.